The van der Waals surface area contributed by atoms with Crippen LogP contribution in [0.25, 0.3) is 5.69 Å². The van der Waals surface area contributed by atoms with Crippen LogP contribution in [0.4, 0.5) is 0 Å². The number of halogens is 1. The van der Waals surface area contributed by atoms with Gasteiger partial charge in [0.15, 0.2) is 5.69 Å². The Kier molecular flexibility index (Phi) is 6.66. The van der Waals surface area contributed by atoms with E-state index in [-0.39, 0.29) is 18.0 Å². The molecule has 0 saturated heterocycles. The second-order valence-electron chi connectivity index (χ2n) is 6.20. The Morgan fingerprint density at radius 3 is 2.38 bits per heavy atom. The van der Waals surface area contributed by atoms with Crippen molar-refractivity contribution in [1.82, 2.24) is 15.1 Å². The molecule has 0 radical (unpaired) electrons. The molecule has 0 saturated carbocycles. The molecule has 0 aliphatic heterocycles. The maximum absolute atomic E-state index is 12.7. The minimum Gasteiger partial charge on any atom is -0.497 e. The van der Waals surface area contributed by atoms with Crippen LogP contribution < -0.4 is 10.1 Å². The highest BCUT2D eigenvalue weighted by atomic mass is 79.9. The zero-order valence-corrected chi connectivity index (χ0v) is 17.5. The first kappa shape index (κ1) is 20.6. The molecule has 8 heteroatoms. The van der Waals surface area contributed by atoms with Crippen LogP contribution in [0.15, 0.2) is 65.3 Å². The molecule has 1 heterocycles. The Hall–Kier alpha value is -3.13. The van der Waals surface area contributed by atoms with Crippen molar-refractivity contribution in [3.63, 3.8) is 0 Å². The normalized spacial score (nSPS) is 11.6. The van der Waals surface area contributed by atoms with E-state index in [1.54, 1.807) is 24.1 Å². The van der Waals surface area contributed by atoms with Gasteiger partial charge in [-0.3, -0.25) is 9.59 Å². The second-order valence-corrected chi connectivity index (χ2v) is 7.12. The Balaban J connectivity index is 1.77. The lowest BCUT2D eigenvalue weighted by atomic mass is 10.0. The number of carbonyl (C=O) groups excluding carboxylic acids is 2. The highest BCUT2D eigenvalue weighted by molar-refractivity contribution is 9.10. The van der Waals surface area contributed by atoms with E-state index >= 15 is 0 Å². The van der Waals surface area contributed by atoms with Gasteiger partial charge in [0, 0.05) is 10.7 Å². The average Bonchev–Trinajstić information content (AvgIpc) is 3.24. The first-order chi connectivity index (χ1) is 14.0. The minimum atomic E-state index is -0.533. The lowest BCUT2D eigenvalue weighted by Crippen LogP contribution is -2.30. The third kappa shape index (κ3) is 5.23. The summed E-state index contributed by atoms with van der Waals surface area (Å²) in [4.78, 5) is 24.6. The van der Waals surface area contributed by atoms with Gasteiger partial charge in [0.05, 0.1) is 32.4 Å². The SMILES string of the molecule is COC(=O)CC(NC(=O)c1ccn(-c2ccc(OC)cc2)n1)c1ccc(Br)cc1. The van der Waals surface area contributed by atoms with Crippen molar-refractivity contribution in [3.05, 3.63) is 76.5 Å². The largest absolute Gasteiger partial charge is 0.497 e. The number of hydrogen-bond donors (Lipinski definition) is 1. The van der Waals surface area contributed by atoms with Crippen LogP contribution in [0.1, 0.15) is 28.5 Å². The van der Waals surface area contributed by atoms with E-state index in [0.29, 0.717) is 0 Å². The van der Waals surface area contributed by atoms with Gasteiger partial charge in [-0.25, -0.2) is 4.68 Å². The number of methoxy groups -OCH3 is 2. The molecule has 7 nitrogen and oxygen atoms in total. The summed E-state index contributed by atoms with van der Waals surface area (Å²) in [5.41, 5.74) is 1.83. The molecule has 1 unspecified atom stereocenters. The molecule has 3 rings (SSSR count). The van der Waals surface area contributed by atoms with Gasteiger partial charge < -0.3 is 14.8 Å². The standard InChI is InChI=1S/C21H20BrN3O4/c1-28-17-9-7-16(8-10-17)25-12-11-18(24-25)21(27)23-19(13-20(26)29-2)14-3-5-15(22)6-4-14/h3-12,19H,13H2,1-2H3,(H,23,27). The molecular weight excluding hydrogens is 438 g/mol. The van der Waals surface area contributed by atoms with Crippen molar-refractivity contribution in [2.45, 2.75) is 12.5 Å². The highest BCUT2D eigenvalue weighted by Gasteiger charge is 2.21. The van der Waals surface area contributed by atoms with Crippen LogP contribution in [-0.4, -0.2) is 35.9 Å². The Labute approximate surface area is 176 Å². The molecule has 29 heavy (non-hydrogen) atoms. The Morgan fingerprint density at radius 1 is 1.07 bits per heavy atom. The smallest absolute Gasteiger partial charge is 0.307 e. The van der Waals surface area contributed by atoms with Crippen molar-refractivity contribution in [3.8, 4) is 11.4 Å². The number of nitrogens with one attached hydrogen (secondary N) is 1. The fourth-order valence-electron chi connectivity index (χ4n) is 2.75. The van der Waals surface area contributed by atoms with Gasteiger partial charge in [-0.1, -0.05) is 28.1 Å². The van der Waals surface area contributed by atoms with E-state index in [9.17, 15) is 9.59 Å². The fourth-order valence-corrected chi connectivity index (χ4v) is 3.02. The number of esters is 1. The molecule has 0 spiro atoms. The molecule has 1 atom stereocenters. The highest BCUT2D eigenvalue weighted by Crippen LogP contribution is 2.21. The van der Waals surface area contributed by atoms with E-state index in [4.69, 9.17) is 9.47 Å². The number of amides is 1. The third-order valence-corrected chi connectivity index (χ3v) is 4.86. The fraction of sp³-hybridized carbons (Fsp3) is 0.190. The lowest BCUT2D eigenvalue weighted by molar-refractivity contribution is -0.141. The van der Waals surface area contributed by atoms with Crippen molar-refractivity contribution >= 4 is 27.8 Å². The number of nitrogens with zero attached hydrogens (tertiary/aromatic N) is 2. The molecule has 0 bridgehead atoms. The monoisotopic (exact) mass is 457 g/mol. The predicted molar refractivity (Wildman–Crippen MR) is 111 cm³/mol. The van der Waals surface area contributed by atoms with Crippen LogP contribution in [0.3, 0.4) is 0 Å². The summed E-state index contributed by atoms with van der Waals surface area (Å²) in [5, 5.41) is 7.20. The predicted octanol–water partition coefficient (Wildman–Crippen LogP) is 3.68. The number of rotatable bonds is 7. The van der Waals surface area contributed by atoms with Gasteiger partial charge in [0.25, 0.3) is 5.91 Å². The van der Waals surface area contributed by atoms with E-state index in [0.717, 1.165) is 21.5 Å². The molecule has 0 aliphatic rings. The van der Waals surface area contributed by atoms with Crippen molar-refractivity contribution in [2.24, 2.45) is 0 Å². The molecule has 3 aromatic rings. The summed E-state index contributed by atoms with van der Waals surface area (Å²) in [6.07, 6.45) is 1.72. The molecule has 150 valence electrons. The minimum absolute atomic E-state index is 0.0169. The lowest BCUT2D eigenvalue weighted by Gasteiger charge is -2.17. The van der Waals surface area contributed by atoms with E-state index < -0.39 is 12.0 Å². The average molecular weight is 458 g/mol. The van der Waals surface area contributed by atoms with Crippen LogP contribution in [0, 0.1) is 0 Å². The van der Waals surface area contributed by atoms with Gasteiger partial charge in [0.1, 0.15) is 5.75 Å². The van der Waals surface area contributed by atoms with Crippen molar-refractivity contribution in [1.29, 1.82) is 0 Å². The zero-order chi connectivity index (χ0) is 20.8. The van der Waals surface area contributed by atoms with Gasteiger partial charge in [-0.05, 0) is 48.0 Å². The maximum Gasteiger partial charge on any atom is 0.307 e. The number of benzene rings is 2. The summed E-state index contributed by atoms with van der Waals surface area (Å²) in [6, 6.07) is 15.8. The van der Waals surface area contributed by atoms with E-state index in [2.05, 4.69) is 26.3 Å². The summed E-state index contributed by atoms with van der Waals surface area (Å²) in [6.45, 7) is 0. The molecule has 1 amide bonds. The van der Waals surface area contributed by atoms with Gasteiger partial charge in [-0.15, -0.1) is 0 Å². The van der Waals surface area contributed by atoms with E-state index in [1.165, 1.54) is 7.11 Å². The molecule has 0 fully saturated rings. The Morgan fingerprint density at radius 2 is 1.76 bits per heavy atom. The maximum atomic E-state index is 12.7. The quantitative estimate of drug-likeness (QED) is 0.547. The molecular formula is C21H20BrN3O4. The van der Waals surface area contributed by atoms with Gasteiger partial charge >= 0.3 is 5.97 Å². The molecule has 1 aromatic heterocycles. The molecule has 1 N–H and O–H groups in total. The summed E-state index contributed by atoms with van der Waals surface area (Å²) < 4.78 is 12.4. The van der Waals surface area contributed by atoms with Gasteiger partial charge in [0.2, 0.25) is 0 Å². The van der Waals surface area contributed by atoms with Crippen LogP contribution >= 0.6 is 15.9 Å². The van der Waals surface area contributed by atoms with Crippen molar-refractivity contribution < 1.29 is 19.1 Å². The molecule has 0 aliphatic carbocycles. The van der Waals surface area contributed by atoms with Crippen LogP contribution in [0.5, 0.6) is 5.75 Å². The number of aromatic nitrogens is 2. The van der Waals surface area contributed by atoms with Crippen LogP contribution in [0.2, 0.25) is 0 Å². The Bertz CT molecular complexity index is 984. The summed E-state index contributed by atoms with van der Waals surface area (Å²) in [5.74, 6) is -0.0601. The number of hydrogen-bond acceptors (Lipinski definition) is 5. The number of ether oxygens (including phenoxy) is 2. The number of carbonyl (C=O) groups is 2. The summed E-state index contributed by atoms with van der Waals surface area (Å²) in [7, 11) is 2.92. The first-order valence-corrected chi connectivity index (χ1v) is 9.62. The first-order valence-electron chi connectivity index (χ1n) is 8.83. The van der Waals surface area contributed by atoms with Crippen LogP contribution in [-0.2, 0) is 9.53 Å². The second kappa shape index (κ2) is 9.38. The van der Waals surface area contributed by atoms with Crippen molar-refractivity contribution in [2.75, 3.05) is 14.2 Å². The molecule has 2 aromatic carbocycles. The zero-order valence-electron chi connectivity index (χ0n) is 16.0. The van der Waals surface area contributed by atoms with Gasteiger partial charge in [-0.2, -0.15) is 5.10 Å². The van der Waals surface area contributed by atoms with E-state index in [1.807, 2.05) is 48.5 Å². The third-order valence-electron chi connectivity index (χ3n) is 4.33. The summed E-state index contributed by atoms with van der Waals surface area (Å²) >= 11 is 3.38. The topological polar surface area (TPSA) is 82.5 Å².